The fourth-order valence-corrected chi connectivity index (χ4v) is 2.48. The lowest BCUT2D eigenvalue weighted by atomic mass is 10.0. The standard InChI is InChI=1S/C17H21N5O2/c1-22(2)17-21-20-15(24-17)12-8-10-14(11-9-12)19-16(23)18-13-6-4-3-5-7-13/h4,6,8-11,13H,3,5,7H2,1-2H3,(H2,18,19,23)/t13-/m1/s1. The van der Waals surface area contributed by atoms with Crippen LogP contribution in [0.25, 0.3) is 11.5 Å². The molecule has 0 bridgehead atoms. The fourth-order valence-electron chi connectivity index (χ4n) is 2.48. The first-order valence-corrected chi connectivity index (χ1v) is 7.97. The number of hydrogen-bond acceptors (Lipinski definition) is 5. The average Bonchev–Trinajstić information content (AvgIpc) is 3.07. The molecule has 126 valence electrons. The predicted octanol–water partition coefficient (Wildman–Crippen LogP) is 3.03. The monoisotopic (exact) mass is 327 g/mol. The molecule has 2 N–H and O–H groups in total. The van der Waals surface area contributed by atoms with Crippen molar-refractivity contribution in [2.45, 2.75) is 25.3 Å². The Morgan fingerprint density at radius 1 is 1.25 bits per heavy atom. The van der Waals surface area contributed by atoms with E-state index < -0.39 is 0 Å². The highest BCUT2D eigenvalue weighted by molar-refractivity contribution is 5.89. The van der Waals surface area contributed by atoms with Gasteiger partial charge in [0, 0.05) is 31.4 Å². The molecule has 0 radical (unpaired) electrons. The van der Waals surface area contributed by atoms with Gasteiger partial charge in [0.25, 0.3) is 0 Å². The van der Waals surface area contributed by atoms with Crippen LogP contribution in [-0.4, -0.2) is 36.4 Å². The molecule has 0 aliphatic heterocycles. The molecule has 0 saturated carbocycles. The molecule has 1 aliphatic rings. The molecule has 1 atom stereocenters. The van der Waals surface area contributed by atoms with Crippen molar-refractivity contribution in [3.8, 4) is 11.5 Å². The van der Waals surface area contributed by atoms with Crippen molar-refractivity contribution in [1.82, 2.24) is 15.5 Å². The molecule has 0 spiro atoms. The largest absolute Gasteiger partial charge is 0.403 e. The molecule has 2 aromatic rings. The number of hydrogen-bond donors (Lipinski definition) is 2. The summed E-state index contributed by atoms with van der Waals surface area (Å²) < 4.78 is 5.55. The summed E-state index contributed by atoms with van der Waals surface area (Å²) in [7, 11) is 3.68. The van der Waals surface area contributed by atoms with Gasteiger partial charge in [-0.3, -0.25) is 0 Å². The second-order valence-electron chi connectivity index (χ2n) is 5.93. The van der Waals surface area contributed by atoms with Crippen LogP contribution in [0, 0.1) is 0 Å². The molecular weight excluding hydrogens is 306 g/mol. The van der Waals surface area contributed by atoms with Crippen molar-refractivity contribution >= 4 is 17.7 Å². The number of benzene rings is 1. The van der Waals surface area contributed by atoms with Gasteiger partial charge < -0.3 is 20.0 Å². The first kappa shape index (κ1) is 16.0. The number of aromatic nitrogens is 2. The van der Waals surface area contributed by atoms with Gasteiger partial charge in [0.15, 0.2) is 0 Å². The zero-order valence-electron chi connectivity index (χ0n) is 13.8. The summed E-state index contributed by atoms with van der Waals surface area (Å²) >= 11 is 0. The van der Waals surface area contributed by atoms with E-state index in [9.17, 15) is 4.79 Å². The summed E-state index contributed by atoms with van der Waals surface area (Å²) in [5.74, 6) is 0.446. The Hall–Kier alpha value is -2.83. The first-order chi connectivity index (χ1) is 11.6. The lowest BCUT2D eigenvalue weighted by Crippen LogP contribution is -2.37. The van der Waals surface area contributed by atoms with Gasteiger partial charge in [-0.1, -0.05) is 17.3 Å². The Balaban J connectivity index is 1.60. The summed E-state index contributed by atoms with van der Waals surface area (Å²) in [5, 5.41) is 13.7. The second-order valence-corrected chi connectivity index (χ2v) is 5.93. The maximum Gasteiger partial charge on any atom is 0.319 e. The highest BCUT2D eigenvalue weighted by atomic mass is 16.4. The van der Waals surface area contributed by atoms with E-state index in [2.05, 4.69) is 26.9 Å². The van der Waals surface area contributed by atoms with Crippen LogP contribution in [-0.2, 0) is 0 Å². The van der Waals surface area contributed by atoms with E-state index in [0.29, 0.717) is 17.6 Å². The minimum absolute atomic E-state index is 0.112. The number of carbonyl (C=O) groups is 1. The smallest absolute Gasteiger partial charge is 0.319 e. The van der Waals surface area contributed by atoms with Crippen molar-refractivity contribution < 1.29 is 9.21 Å². The summed E-state index contributed by atoms with van der Waals surface area (Å²) in [6.45, 7) is 0. The van der Waals surface area contributed by atoms with E-state index in [0.717, 1.165) is 24.8 Å². The van der Waals surface area contributed by atoms with Crippen molar-refractivity contribution in [3.05, 3.63) is 36.4 Å². The Kier molecular flexibility index (Phi) is 4.79. The first-order valence-electron chi connectivity index (χ1n) is 7.97. The van der Waals surface area contributed by atoms with E-state index >= 15 is 0 Å². The Morgan fingerprint density at radius 3 is 2.67 bits per heavy atom. The third kappa shape index (κ3) is 3.92. The zero-order valence-corrected chi connectivity index (χ0v) is 13.8. The number of nitrogens with zero attached hydrogens (tertiary/aromatic N) is 3. The molecule has 3 rings (SSSR count). The Bertz CT molecular complexity index is 721. The SMILES string of the molecule is CN(C)c1nnc(-c2ccc(NC(=O)N[C@@H]3C=CCCC3)cc2)o1. The van der Waals surface area contributed by atoms with Crippen LogP contribution in [0.15, 0.2) is 40.8 Å². The van der Waals surface area contributed by atoms with Crippen molar-refractivity contribution in [2.24, 2.45) is 0 Å². The third-order valence-electron chi connectivity index (χ3n) is 3.76. The van der Waals surface area contributed by atoms with Gasteiger partial charge in [-0.05, 0) is 43.5 Å². The minimum Gasteiger partial charge on any atom is -0.403 e. The lowest BCUT2D eigenvalue weighted by molar-refractivity contribution is 0.249. The number of urea groups is 1. The summed E-state index contributed by atoms with van der Waals surface area (Å²) in [4.78, 5) is 13.8. The van der Waals surface area contributed by atoms with Crippen LogP contribution in [0.5, 0.6) is 0 Å². The molecule has 0 saturated heterocycles. The van der Waals surface area contributed by atoms with E-state index in [1.807, 2.05) is 44.4 Å². The predicted molar refractivity (Wildman–Crippen MR) is 93.0 cm³/mol. The zero-order chi connectivity index (χ0) is 16.9. The van der Waals surface area contributed by atoms with Gasteiger partial charge in [-0.15, -0.1) is 5.10 Å². The van der Waals surface area contributed by atoms with Crippen LogP contribution in [0.2, 0.25) is 0 Å². The van der Waals surface area contributed by atoms with Crippen LogP contribution in [0.1, 0.15) is 19.3 Å². The number of amides is 2. The van der Waals surface area contributed by atoms with Gasteiger partial charge in [-0.25, -0.2) is 4.79 Å². The van der Waals surface area contributed by atoms with E-state index in [4.69, 9.17) is 4.42 Å². The highest BCUT2D eigenvalue weighted by Crippen LogP contribution is 2.22. The van der Waals surface area contributed by atoms with Crippen LogP contribution in [0.3, 0.4) is 0 Å². The normalized spacial score (nSPS) is 16.7. The highest BCUT2D eigenvalue weighted by Gasteiger charge is 2.12. The Labute approximate surface area is 140 Å². The van der Waals surface area contributed by atoms with Crippen molar-refractivity contribution in [3.63, 3.8) is 0 Å². The van der Waals surface area contributed by atoms with Crippen LogP contribution in [0.4, 0.5) is 16.5 Å². The molecule has 7 nitrogen and oxygen atoms in total. The fraction of sp³-hybridized carbons (Fsp3) is 0.353. The summed E-state index contributed by atoms with van der Waals surface area (Å²) in [6, 6.07) is 7.66. The molecule has 24 heavy (non-hydrogen) atoms. The minimum atomic E-state index is -0.202. The van der Waals surface area contributed by atoms with Crippen molar-refractivity contribution in [1.29, 1.82) is 0 Å². The Morgan fingerprint density at radius 2 is 2.04 bits per heavy atom. The number of rotatable bonds is 4. The van der Waals surface area contributed by atoms with E-state index in [1.54, 1.807) is 4.90 Å². The van der Waals surface area contributed by atoms with E-state index in [-0.39, 0.29) is 12.1 Å². The van der Waals surface area contributed by atoms with Gasteiger partial charge in [0.1, 0.15) is 0 Å². The third-order valence-corrected chi connectivity index (χ3v) is 3.76. The molecule has 1 heterocycles. The van der Waals surface area contributed by atoms with Gasteiger partial charge >= 0.3 is 12.0 Å². The molecular formula is C17H21N5O2. The number of anilines is 2. The lowest BCUT2D eigenvalue weighted by Gasteiger charge is -2.18. The van der Waals surface area contributed by atoms with Gasteiger partial charge in [0.05, 0.1) is 0 Å². The quantitative estimate of drug-likeness (QED) is 0.843. The average molecular weight is 327 g/mol. The molecule has 0 fully saturated rings. The topological polar surface area (TPSA) is 83.3 Å². The van der Waals surface area contributed by atoms with Gasteiger partial charge in [-0.2, -0.15) is 0 Å². The number of carbonyl (C=O) groups excluding carboxylic acids is 1. The van der Waals surface area contributed by atoms with Gasteiger partial charge in [0.2, 0.25) is 5.89 Å². The maximum absolute atomic E-state index is 12.0. The number of nitrogens with one attached hydrogen (secondary N) is 2. The molecule has 2 amide bonds. The molecule has 1 aliphatic carbocycles. The maximum atomic E-state index is 12.0. The summed E-state index contributed by atoms with van der Waals surface area (Å²) in [6.07, 6.45) is 7.33. The molecule has 1 aromatic carbocycles. The number of allylic oxidation sites excluding steroid dienone is 1. The molecule has 1 aromatic heterocycles. The second kappa shape index (κ2) is 7.16. The van der Waals surface area contributed by atoms with Crippen LogP contribution < -0.4 is 15.5 Å². The van der Waals surface area contributed by atoms with Crippen molar-refractivity contribution in [2.75, 3.05) is 24.3 Å². The summed E-state index contributed by atoms with van der Waals surface area (Å²) in [5.41, 5.74) is 1.51. The molecule has 7 heteroatoms. The van der Waals surface area contributed by atoms with Crippen LogP contribution >= 0.6 is 0 Å². The molecule has 0 unspecified atom stereocenters. The van der Waals surface area contributed by atoms with E-state index in [1.165, 1.54) is 0 Å².